The second-order valence-corrected chi connectivity index (χ2v) is 7.63. The molecule has 3 rings (SSSR count). The molecule has 0 bridgehead atoms. The van der Waals surface area contributed by atoms with Crippen molar-refractivity contribution in [1.82, 2.24) is 0 Å². The third kappa shape index (κ3) is 1.89. The zero-order valence-electron chi connectivity index (χ0n) is 15.6. The molecule has 1 aliphatic rings. The van der Waals surface area contributed by atoms with Gasteiger partial charge >= 0.3 is 0 Å². The number of hydrogen-bond acceptors (Lipinski definition) is 1. The molecule has 120 valence electrons. The summed E-state index contributed by atoms with van der Waals surface area (Å²) in [5.74, 6) is 0.195. The molecule has 0 amide bonds. The summed E-state index contributed by atoms with van der Waals surface area (Å²) in [4.78, 5) is 13.3. The summed E-state index contributed by atoms with van der Waals surface area (Å²) in [5.41, 5.74) is 11.6. The van der Waals surface area contributed by atoms with Gasteiger partial charge in [-0.1, -0.05) is 26.0 Å². The average molecular weight is 306 g/mol. The van der Waals surface area contributed by atoms with E-state index in [0.717, 1.165) is 16.7 Å². The van der Waals surface area contributed by atoms with Crippen molar-refractivity contribution in [3.63, 3.8) is 0 Å². The number of ketones is 1. The number of carbonyl (C=O) groups is 1. The molecule has 0 fully saturated rings. The van der Waals surface area contributed by atoms with Crippen LogP contribution in [0, 0.1) is 41.5 Å². The Kier molecular flexibility index (Phi) is 3.34. The van der Waals surface area contributed by atoms with Gasteiger partial charge < -0.3 is 0 Å². The van der Waals surface area contributed by atoms with Crippen molar-refractivity contribution in [3.8, 4) is 0 Å². The van der Waals surface area contributed by atoms with Crippen LogP contribution in [-0.2, 0) is 5.41 Å². The highest BCUT2D eigenvalue weighted by molar-refractivity contribution is 6.14. The van der Waals surface area contributed by atoms with Crippen LogP contribution in [0.2, 0.25) is 0 Å². The fourth-order valence-electron chi connectivity index (χ4n) is 4.45. The van der Waals surface area contributed by atoms with Crippen LogP contribution < -0.4 is 0 Å². The van der Waals surface area contributed by atoms with Crippen molar-refractivity contribution in [2.24, 2.45) is 0 Å². The first-order valence-electron chi connectivity index (χ1n) is 8.36. The molecule has 0 aromatic heterocycles. The molecule has 0 saturated heterocycles. The maximum Gasteiger partial charge on any atom is 0.193 e. The van der Waals surface area contributed by atoms with Crippen LogP contribution in [0.5, 0.6) is 0 Å². The lowest BCUT2D eigenvalue weighted by Gasteiger charge is -2.39. The number of rotatable bonds is 0. The first kappa shape index (κ1) is 16.0. The van der Waals surface area contributed by atoms with Crippen LogP contribution in [0.15, 0.2) is 12.1 Å². The number of carbonyl (C=O) groups excluding carboxylic acids is 1. The van der Waals surface area contributed by atoms with E-state index in [4.69, 9.17) is 0 Å². The molecule has 1 nitrogen and oxygen atoms in total. The zero-order valence-corrected chi connectivity index (χ0v) is 15.6. The molecule has 1 heteroatoms. The molecular formula is C22H26O. The molecule has 0 heterocycles. The molecule has 0 unspecified atom stereocenters. The molecule has 0 saturated carbocycles. The molecule has 0 atom stereocenters. The number of aryl methyl sites for hydroxylation is 1. The summed E-state index contributed by atoms with van der Waals surface area (Å²) in [7, 11) is 0. The summed E-state index contributed by atoms with van der Waals surface area (Å²) in [6, 6.07) is 4.10. The van der Waals surface area contributed by atoms with E-state index in [-0.39, 0.29) is 11.2 Å². The van der Waals surface area contributed by atoms with E-state index in [9.17, 15) is 4.79 Å². The van der Waals surface area contributed by atoms with E-state index in [1.54, 1.807) is 0 Å². The van der Waals surface area contributed by atoms with Gasteiger partial charge in [-0.25, -0.2) is 0 Å². The van der Waals surface area contributed by atoms with E-state index in [1.807, 2.05) is 6.07 Å². The first-order valence-corrected chi connectivity index (χ1v) is 8.36. The Hall–Kier alpha value is -1.89. The fraction of sp³-hybridized carbons (Fsp3) is 0.409. The third-order valence-corrected chi connectivity index (χ3v) is 6.15. The SMILES string of the molecule is Cc1ccc2c(c1C)C(C)(C)c1c(C)c(C)c(C)c(C)c1C2=O. The molecule has 0 radical (unpaired) electrons. The molecule has 2 aromatic rings. The van der Waals surface area contributed by atoms with Gasteiger partial charge in [-0.05, 0) is 86.1 Å². The lowest BCUT2D eigenvalue weighted by molar-refractivity contribution is 0.103. The number of benzene rings is 2. The Labute approximate surface area is 139 Å². The normalized spacial score (nSPS) is 15.4. The smallest absolute Gasteiger partial charge is 0.193 e. The van der Waals surface area contributed by atoms with Crippen molar-refractivity contribution in [3.05, 3.63) is 67.8 Å². The zero-order chi connectivity index (χ0) is 17.3. The van der Waals surface area contributed by atoms with Gasteiger partial charge in [0, 0.05) is 16.5 Å². The van der Waals surface area contributed by atoms with Crippen LogP contribution in [0.4, 0.5) is 0 Å². The van der Waals surface area contributed by atoms with Crippen LogP contribution in [0.1, 0.15) is 74.3 Å². The van der Waals surface area contributed by atoms with Gasteiger partial charge in [-0.2, -0.15) is 0 Å². The second-order valence-electron chi connectivity index (χ2n) is 7.63. The summed E-state index contributed by atoms with van der Waals surface area (Å²) in [6.07, 6.45) is 0. The minimum absolute atomic E-state index is 0.151. The highest BCUT2D eigenvalue weighted by Crippen LogP contribution is 2.47. The van der Waals surface area contributed by atoms with E-state index >= 15 is 0 Å². The highest BCUT2D eigenvalue weighted by Gasteiger charge is 2.40. The quantitative estimate of drug-likeness (QED) is 0.636. The fourth-order valence-corrected chi connectivity index (χ4v) is 4.45. The molecule has 1 aliphatic carbocycles. The van der Waals surface area contributed by atoms with Crippen molar-refractivity contribution >= 4 is 5.78 Å². The Bertz CT molecular complexity index is 867. The number of hydrogen-bond donors (Lipinski definition) is 0. The largest absolute Gasteiger partial charge is 0.289 e. The molecule has 2 aromatic carbocycles. The standard InChI is InChI=1S/C22H26O/c1-11-9-10-17-19(12(11)2)22(7,8)20-16(6)14(4)13(3)15(5)18(20)21(17)23/h9-10H,1-8H3. The van der Waals surface area contributed by atoms with Crippen LogP contribution in [0.25, 0.3) is 0 Å². The third-order valence-electron chi connectivity index (χ3n) is 6.15. The van der Waals surface area contributed by atoms with E-state index < -0.39 is 0 Å². The minimum atomic E-state index is -0.151. The number of fused-ring (bicyclic) bond motifs is 2. The van der Waals surface area contributed by atoms with Crippen LogP contribution >= 0.6 is 0 Å². The van der Waals surface area contributed by atoms with Gasteiger partial charge in [0.2, 0.25) is 0 Å². The predicted molar refractivity (Wildman–Crippen MR) is 96.9 cm³/mol. The lowest BCUT2D eigenvalue weighted by Crippen LogP contribution is -2.34. The van der Waals surface area contributed by atoms with Crippen molar-refractivity contribution < 1.29 is 4.79 Å². The summed E-state index contributed by atoms with van der Waals surface area (Å²) in [5, 5.41) is 0. The molecule has 0 spiro atoms. The topological polar surface area (TPSA) is 17.1 Å². The maximum atomic E-state index is 13.3. The van der Waals surface area contributed by atoms with Gasteiger partial charge in [0.15, 0.2) is 5.78 Å². The molecule has 0 N–H and O–H groups in total. The van der Waals surface area contributed by atoms with Gasteiger partial charge in [0.05, 0.1) is 0 Å². The Morgan fingerprint density at radius 1 is 0.696 bits per heavy atom. The molecule has 0 aliphatic heterocycles. The summed E-state index contributed by atoms with van der Waals surface area (Å²) in [6.45, 7) is 17.4. The Morgan fingerprint density at radius 2 is 1.26 bits per heavy atom. The van der Waals surface area contributed by atoms with E-state index in [2.05, 4.69) is 61.5 Å². The van der Waals surface area contributed by atoms with Crippen LogP contribution in [0.3, 0.4) is 0 Å². The van der Waals surface area contributed by atoms with Gasteiger partial charge in [0.1, 0.15) is 0 Å². The van der Waals surface area contributed by atoms with Crippen molar-refractivity contribution in [2.75, 3.05) is 0 Å². The van der Waals surface area contributed by atoms with E-state index in [1.165, 1.54) is 38.9 Å². The Balaban J connectivity index is 2.53. The lowest BCUT2D eigenvalue weighted by atomic mass is 9.63. The Morgan fingerprint density at radius 3 is 1.87 bits per heavy atom. The molecule has 23 heavy (non-hydrogen) atoms. The first-order chi connectivity index (χ1) is 10.6. The summed E-state index contributed by atoms with van der Waals surface area (Å²) >= 11 is 0. The predicted octanol–water partition coefficient (Wildman–Crippen LogP) is 5.41. The monoisotopic (exact) mass is 306 g/mol. The van der Waals surface area contributed by atoms with E-state index in [0.29, 0.717) is 0 Å². The maximum absolute atomic E-state index is 13.3. The highest BCUT2D eigenvalue weighted by atomic mass is 16.1. The second kappa shape index (κ2) is 4.80. The van der Waals surface area contributed by atoms with Crippen molar-refractivity contribution in [1.29, 1.82) is 0 Å². The summed E-state index contributed by atoms with van der Waals surface area (Å²) < 4.78 is 0. The van der Waals surface area contributed by atoms with Crippen molar-refractivity contribution in [2.45, 2.75) is 60.8 Å². The van der Waals surface area contributed by atoms with Gasteiger partial charge in [-0.3, -0.25) is 4.79 Å². The van der Waals surface area contributed by atoms with Gasteiger partial charge in [0.25, 0.3) is 0 Å². The van der Waals surface area contributed by atoms with Crippen LogP contribution in [-0.4, -0.2) is 5.78 Å². The average Bonchev–Trinajstić information content (AvgIpc) is 2.48. The minimum Gasteiger partial charge on any atom is -0.289 e. The van der Waals surface area contributed by atoms with Gasteiger partial charge in [-0.15, -0.1) is 0 Å². The molecular weight excluding hydrogens is 280 g/mol.